The van der Waals surface area contributed by atoms with Crippen LogP contribution in [0, 0.1) is 0 Å². The Balaban J connectivity index is 0.00000300. The number of nitrogens with zero attached hydrogens (tertiary/aromatic N) is 2. The number of hydrogen-bond donors (Lipinski definition) is 3. The van der Waals surface area contributed by atoms with Gasteiger partial charge in [0.05, 0.1) is 21.7 Å². The third-order valence-electron chi connectivity index (χ3n) is 3.85. The van der Waals surface area contributed by atoms with E-state index in [4.69, 9.17) is 5.73 Å². The summed E-state index contributed by atoms with van der Waals surface area (Å²) in [5, 5.41) is 20.6. The molecule has 0 aliphatic rings. The maximum Gasteiger partial charge on any atom is 1.00 e. The van der Waals surface area contributed by atoms with Crippen LogP contribution in [0.5, 0.6) is 5.75 Å². The van der Waals surface area contributed by atoms with Gasteiger partial charge in [-0.1, -0.05) is 12.1 Å². The average Bonchev–Trinajstić information content (AvgIpc) is 2.61. The average molecular weight is 422 g/mol. The van der Waals surface area contributed by atoms with Gasteiger partial charge in [0, 0.05) is 18.0 Å². The van der Waals surface area contributed by atoms with Crippen molar-refractivity contribution in [3.8, 4) is 5.75 Å². The number of hydrogen-bond acceptors (Lipinski definition) is 8. The molecule has 0 heterocycles. The molecule has 144 valence electrons. The zero-order valence-electron chi connectivity index (χ0n) is 15.6. The first-order valence-electron chi connectivity index (χ1n) is 7.96. The minimum Gasteiger partial charge on any atom is -0.744 e. The third kappa shape index (κ3) is 5.11. The molecular weight excluding hydrogens is 407 g/mol. The van der Waals surface area contributed by atoms with Crippen molar-refractivity contribution < 1.29 is 52.4 Å². The Bertz CT molecular complexity index is 1210. The fourth-order valence-electron chi connectivity index (χ4n) is 2.65. The number of aromatic hydroxyl groups is 1. The maximum atomic E-state index is 11.6. The number of anilines is 2. The van der Waals surface area contributed by atoms with E-state index in [-0.39, 0.29) is 63.4 Å². The number of amides is 1. The van der Waals surface area contributed by atoms with E-state index in [1.807, 2.05) is 0 Å². The number of nitrogens with one attached hydrogen (secondary N) is 1. The van der Waals surface area contributed by atoms with Crippen LogP contribution in [0.1, 0.15) is 6.92 Å². The van der Waals surface area contributed by atoms with E-state index in [0.717, 1.165) is 6.07 Å². The van der Waals surface area contributed by atoms with Gasteiger partial charge in [-0.3, -0.25) is 4.79 Å². The van der Waals surface area contributed by atoms with Gasteiger partial charge in [-0.05, 0) is 36.4 Å². The minimum absolute atomic E-state index is 0. The molecule has 11 heteroatoms. The number of phenols is 1. The fourth-order valence-corrected chi connectivity index (χ4v) is 3.35. The molecule has 1 amide bonds. The summed E-state index contributed by atoms with van der Waals surface area (Å²) in [4.78, 5) is 10.5. The number of fused-ring (bicyclic) bond motifs is 1. The van der Waals surface area contributed by atoms with Crippen molar-refractivity contribution in [2.45, 2.75) is 11.8 Å². The fraction of sp³-hybridized carbons (Fsp3) is 0.0556. The van der Waals surface area contributed by atoms with Crippen molar-refractivity contribution in [2.24, 2.45) is 10.2 Å². The van der Waals surface area contributed by atoms with E-state index in [9.17, 15) is 22.9 Å². The predicted molar refractivity (Wildman–Crippen MR) is 103 cm³/mol. The summed E-state index contributed by atoms with van der Waals surface area (Å²) in [5.41, 5.74) is 6.90. The summed E-state index contributed by atoms with van der Waals surface area (Å²) in [6.07, 6.45) is 0. The summed E-state index contributed by atoms with van der Waals surface area (Å²) in [6.45, 7) is 1.38. The summed E-state index contributed by atoms with van der Waals surface area (Å²) in [5.74, 6) is -0.499. The van der Waals surface area contributed by atoms with E-state index < -0.39 is 15.0 Å². The molecule has 0 aromatic heterocycles. The van der Waals surface area contributed by atoms with Crippen molar-refractivity contribution in [2.75, 3.05) is 11.1 Å². The summed E-state index contributed by atoms with van der Waals surface area (Å²) >= 11 is 0. The van der Waals surface area contributed by atoms with Crippen LogP contribution in [0.25, 0.3) is 10.8 Å². The molecule has 0 fully saturated rings. The second-order valence-corrected chi connectivity index (χ2v) is 7.24. The molecule has 29 heavy (non-hydrogen) atoms. The largest absolute Gasteiger partial charge is 1.00 e. The van der Waals surface area contributed by atoms with Gasteiger partial charge in [0.2, 0.25) is 5.91 Å². The zero-order chi connectivity index (χ0) is 20.5. The molecule has 0 saturated carbocycles. The van der Waals surface area contributed by atoms with Crippen LogP contribution in [0.2, 0.25) is 0 Å². The quantitative estimate of drug-likeness (QED) is 0.239. The van der Waals surface area contributed by atoms with Crippen molar-refractivity contribution in [1.29, 1.82) is 0 Å². The van der Waals surface area contributed by atoms with Gasteiger partial charge in [-0.25, -0.2) is 8.42 Å². The van der Waals surface area contributed by atoms with Gasteiger partial charge in [-0.15, -0.1) is 5.11 Å². The van der Waals surface area contributed by atoms with Crippen molar-refractivity contribution in [3.63, 3.8) is 0 Å². The smallest absolute Gasteiger partial charge is 0.744 e. The SMILES string of the molecule is CC(=O)Nc1ccc(N=Nc2cc(S(=O)(=O)[O-])c3cccc(O)c3c2N)cc1.[Na+]. The minimum atomic E-state index is -4.84. The van der Waals surface area contributed by atoms with Crippen LogP contribution in [-0.2, 0) is 14.9 Å². The molecule has 0 atom stereocenters. The summed E-state index contributed by atoms with van der Waals surface area (Å²) in [6, 6.07) is 11.5. The van der Waals surface area contributed by atoms with Gasteiger partial charge in [0.25, 0.3) is 0 Å². The second-order valence-electron chi connectivity index (χ2n) is 5.89. The van der Waals surface area contributed by atoms with Crippen LogP contribution in [0.3, 0.4) is 0 Å². The molecule has 0 radical (unpaired) electrons. The van der Waals surface area contributed by atoms with E-state index in [2.05, 4.69) is 15.5 Å². The Morgan fingerprint density at radius 2 is 1.79 bits per heavy atom. The van der Waals surface area contributed by atoms with Crippen molar-refractivity contribution in [3.05, 3.63) is 48.5 Å². The first-order chi connectivity index (χ1) is 13.2. The zero-order valence-corrected chi connectivity index (χ0v) is 18.4. The Hall–Kier alpha value is -2.50. The maximum absolute atomic E-state index is 11.6. The van der Waals surface area contributed by atoms with Crippen LogP contribution < -0.4 is 40.6 Å². The molecular formula is C18H15N4NaO5S. The molecule has 0 saturated heterocycles. The Labute approximate surface area is 188 Å². The third-order valence-corrected chi connectivity index (χ3v) is 4.73. The first-order valence-corrected chi connectivity index (χ1v) is 9.37. The van der Waals surface area contributed by atoms with Gasteiger partial charge < -0.3 is 20.7 Å². The number of carbonyl (C=O) groups is 1. The number of carbonyl (C=O) groups excluding carboxylic acids is 1. The van der Waals surface area contributed by atoms with E-state index in [0.29, 0.717) is 11.4 Å². The molecule has 4 N–H and O–H groups in total. The first kappa shape index (κ1) is 22.8. The van der Waals surface area contributed by atoms with E-state index in [1.165, 1.54) is 25.1 Å². The van der Waals surface area contributed by atoms with Gasteiger partial charge in [-0.2, -0.15) is 5.11 Å². The molecule has 3 rings (SSSR count). The number of benzene rings is 3. The Morgan fingerprint density at radius 1 is 1.14 bits per heavy atom. The monoisotopic (exact) mass is 422 g/mol. The van der Waals surface area contributed by atoms with Crippen molar-refractivity contribution in [1.82, 2.24) is 0 Å². The summed E-state index contributed by atoms with van der Waals surface area (Å²) < 4.78 is 34.9. The molecule has 0 spiro atoms. The topological polar surface area (TPSA) is 157 Å². The molecule has 0 aliphatic heterocycles. The molecule has 9 nitrogen and oxygen atoms in total. The number of azo groups is 1. The predicted octanol–water partition coefficient (Wildman–Crippen LogP) is 0.409. The van der Waals surface area contributed by atoms with Crippen LogP contribution in [0.15, 0.2) is 63.7 Å². The van der Waals surface area contributed by atoms with E-state index in [1.54, 1.807) is 24.3 Å². The molecule has 3 aromatic carbocycles. The molecule has 0 bridgehead atoms. The Kier molecular flexibility index (Phi) is 6.98. The van der Waals surface area contributed by atoms with Crippen LogP contribution >= 0.6 is 0 Å². The molecule has 3 aromatic rings. The number of phenolic OH excluding ortho intramolecular Hbond substituents is 1. The van der Waals surface area contributed by atoms with Crippen LogP contribution in [-0.4, -0.2) is 24.0 Å². The van der Waals surface area contributed by atoms with E-state index >= 15 is 0 Å². The normalized spacial score (nSPS) is 11.4. The van der Waals surface area contributed by atoms with Gasteiger partial charge in [0.15, 0.2) is 0 Å². The Morgan fingerprint density at radius 3 is 2.38 bits per heavy atom. The summed E-state index contributed by atoms with van der Waals surface area (Å²) in [7, 11) is -4.84. The number of nitrogens with two attached hydrogens (primary N) is 1. The molecule has 0 unspecified atom stereocenters. The standard InChI is InChI=1S/C18H16N4O5S.Na/c1-10(23)20-11-5-7-12(8-6-11)21-22-14-9-16(28(25,26)27)13-3-2-4-15(24)17(13)18(14)19;/h2-9,24H,19H2,1H3,(H,20,23)(H,25,26,27);/q;+1/p-1. The van der Waals surface area contributed by atoms with Crippen LogP contribution in [0.4, 0.5) is 22.7 Å². The van der Waals surface area contributed by atoms with Gasteiger partial charge >= 0.3 is 29.6 Å². The number of rotatable bonds is 4. The molecule has 0 aliphatic carbocycles. The number of nitrogen functional groups attached to an aromatic ring is 1. The van der Waals surface area contributed by atoms with Crippen molar-refractivity contribution >= 4 is 49.5 Å². The van der Waals surface area contributed by atoms with Gasteiger partial charge in [0.1, 0.15) is 21.6 Å². The second kappa shape index (κ2) is 8.89.